The Morgan fingerprint density at radius 3 is 2.93 bits per heavy atom. The highest BCUT2D eigenvalue weighted by atomic mass is 16.3. The van der Waals surface area contributed by atoms with Crippen LogP contribution < -0.4 is 0 Å². The smallest absolute Gasteiger partial charge is 0.295 e. The predicted octanol–water partition coefficient (Wildman–Crippen LogP) is -0.957. The van der Waals surface area contributed by atoms with Crippen molar-refractivity contribution < 1.29 is 9.90 Å². The number of aromatic amines is 1. The van der Waals surface area contributed by atoms with Crippen LogP contribution in [0.1, 0.15) is 23.5 Å². The fraction of sp³-hybridized carbons (Fsp3) is 0.750. The lowest BCUT2D eigenvalue weighted by molar-refractivity contribution is 0.0262. The van der Waals surface area contributed by atoms with Crippen molar-refractivity contribution in [2.45, 2.75) is 18.9 Å². The number of nitrogens with one attached hydrogen (secondary N) is 1. The van der Waals surface area contributed by atoms with Crippen LogP contribution in [-0.4, -0.2) is 56.2 Å². The first-order valence-corrected chi connectivity index (χ1v) is 4.84. The molecule has 1 fully saturated rings. The fourth-order valence-electron chi connectivity index (χ4n) is 1.74. The summed E-state index contributed by atoms with van der Waals surface area (Å²) < 4.78 is 0. The first kappa shape index (κ1) is 10.0. The highest BCUT2D eigenvalue weighted by Crippen LogP contribution is 2.27. The van der Waals surface area contributed by atoms with E-state index < -0.39 is 0 Å². The maximum atomic E-state index is 11.6. The first-order valence-electron chi connectivity index (χ1n) is 4.84. The zero-order valence-electron chi connectivity index (χ0n) is 8.42. The summed E-state index contributed by atoms with van der Waals surface area (Å²) in [6, 6.07) is 0. The quantitative estimate of drug-likeness (QED) is 0.671. The summed E-state index contributed by atoms with van der Waals surface area (Å²) >= 11 is 0. The average Bonchev–Trinajstić information content (AvgIpc) is 2.66. The van der Waals surface area contributed by atoms with Crippen molar-refractivity contribution in [2.24, 2.45) is 5.92 Å². The number of aliphatic hydroxyl groups excluding tert-OH is 1. The van der Waals surface area contributed by atoms with E-state index in [4.69, 9.17) is 5.11 Å². The van der Waals surface area contributed by atoms with Crippen molar-refractivity contribution in [1.82, 2.24) is 25.5 Å². The molecular formula is C8H13N5O2. The van der Waals surface area contributed by atoms with Crippen LogP contribution >= 0.6 is 0 Å². The Kier molecular flexibility index (Phi) is 2.63. The van der Waals surface area contributed by atoms with Gasteiger partial charge in [0.05, 0.1) is 6.10 Å². The Morgan fingerprint density at radius 2 is 2.40 bits per heavy atom. The number of aliphatic hydroxyl groups is 1. The highest BCUT2D eigenvalue weighted by molar-refractivity contribution is 5.89. The number of hydrogen-bond donors (Lipinski definition) is 2. The minimum Gasteiger partial charge on any atom is -0.393 e. The molecule has 1 aromatic rings. The van der Waals surface area contributed by atoms with Crippen molar-refractivity contribution in [2.75, 3.05) is 13.6 Å². The summed E-state index contributed by atoms with van der Waals surface area (Å²) in [5.41, 5.74) is 0. The van der Waals surface area contributed by atoms with Gasteiger partial charge in [-0.05, 0) is 24.0 Å². The van der Waals surface area contributed by atoms with Crippen molar-refractivity contribution in [3.63, 3.8) is 0 Å². The second-order valence-electron chi connectivity index (χ2n) is 3.91. The third-order valence-corrected chi connectivity index (χ3v) is 2.63. The van der Waals surface area contributed by atoms with E-state index in [9.17, 15) is 4.79 Å². The molecule has 2 rings (SSSR count). The van der Waals surface area contributed by atoms with Gasteiger partial charge in [0.1, 0.15) is 0 Å². The molecule has 1 aromatic heterocycles. The lowest BCUT2D eigenvalue weighted by Gasteiger charge is -2.34. The van der Waals surface area contributed by atoms with Crippen LogP contribution in [0.2, 0.25) is 0 Å². The standard InChI is InChI=1S/C8H13N5O2/c1-13(4-5-2-6(14)3-5)8(15)7-9-11-12-10-7/h5-6,14H,2-4H2,1H3,(H,9,10,11,12). The number of hydrogen-bond acceptors (Lipinski definition) is 5. The van der Waals surface area contributed by atoms with Gasteiger partial charge in [-0.3, -0.25) is 4.79 Å². The van der Waals surface area contributed by atoms with Crippen LogP contribution in [0, 0.1) is 5.92 Å². The molecule has 0 aromatic carbocycles. The summed E-state index contributed by atoms with van der Waals surface area (Å²) in [6.45, 7) is 0.629. The van der Waals surface area contributed by atoms with E-state index in [1.54, 1.807) is 11.9 Å². The van der Waals surface area contributed by atoms with E-state index in [2.05, 4.69) is 20.6 Å². The highest BCUT2D eigenvalue weighted by Gasteiger charge is 2.29. The van der Waals surface area contributed by atoms with Gasteiger partial charge in [-0.25, -0.2) is 0 Å². The van der Waals surface area contributed by atoms with E-state index in [1.807, 2.05) is 0 Å². The van der Waals surface area contributed by atoms with Gasteiger partial charge in [-0.1, -0.05) is 0 Å². The molecule has 0 saturated heterocycles. The van der Waals surface area contributed by atoms with Gasteiger partial charge in [-0.15, -0.1) is 10.2 Å². The van der Waals surface area contributed by atoms with E-state index in [-0.39, 0.29) is 17.8 Å². The second kappa shape index (κ2) is 3.93. The van der Waals surface area contributed by atoms with Crippen LogP contribution in [0.3, 0.4) is 0 Å². The van der Waals surface area contributed by atoms with Crippen molar-refractivity contribution in [3.8, 4) is 0 Å². The van der Waals surface area contributed by atoms with Gasteiger partial charge in [0.15, 0.2) is 0 Å². The topological polar surface area (TPSA) is 95.0 Å². The molecule has 1 amide bonds. The van der Waals surface area contributed by atoms with Gasteiger partial charge in [-0.2, -0.15) is 5.21 Å². The van der Waals surface area contributed by atoms with Crippen molar-refractivity contribution >= 4 is 5.91 Å². The number of rotatable bonds is 3. The number of tetrazole rings is 1. The molecule has 82 valence electrons. The summed E-state index contributed by atoms with van der Waals surface area (Å²) in [5.74, 6) is 0.225. The zero-order valence-corrected chi connectivity index (χ0v) is 8.42. The molecule has 1 aliphatic carbocycles. The largest absolute Gasteiger partial charge is 0.393 e. The third-order valence-electron chi connectivity index (χ3n) is 2.63. The molecule has 0 radical (unpaired) electrons. The summed E-state index contributed by atoms with van der Waals surface area (Å²) in [5, 5.41) is 21.9. The van der Waals surface area contributed by atoms with E-state index in [0.717, 1.165) is 12.8 Å². The van der Waals surface area contributed by atoms with Gasteiger partial charge in [0.2, 0.25) is 0 Å². The third kappa shape index (κ3) is 2.12. The van der Waals surface area contributed by atoms with Crippen LogP contribution in [0.15, 0.2) is 0 Å². The van der Waals surface area contributed by atoms with Crippen molar-refractivity contribution in [1.29, 1.82) is 0 Å². The number of amides is 1. The molecule has 2 N–H and O–H groups in total. The molecule has 0 aliphatic heterocycles. The number of carbonyl (C=O) groups is 1. The normalized spacial score (nSPS) is 24.7. The van der Waals surface area contributed by atoms with Crippen LogP contribution in [0.4, 0.5) is 0 Å². The first-order chi connectivity index (χ1) is 7.16. The molecule has 0 unspecified atom stereocenters. The molecule has 15 heavy (non-hydrogen) atoms. The lowest BCUT2D eigenvalue weighted by atomic mass is 9.82. The zero-order chi connectivity index (χ0) is 10.8. The maximum absolute atomic E-state index is 11.6. The van der Waals surface area contributed by atoms with Gasteiger partial charge in [0.25, 0.3) is 11.7 Å². The Bertz CT molecular complexity index is 333. The minimum absolute atomic E-state index is 0.0809. The maximum Gasteiger partial charge on any atom is 0.295 e. The Labute approximate surface area is 86.5 Å². The summed E-state index contributed by atoms with van der Waals surface area (Å²) in [4.78, 5) is 13.2. The molecule has 0 atom stereocenters. The summed E-state index contributed by atoms with van der Waals surface area (Å²) in [7, 11) is 1.70. The van der Waals surface area contributed by atoms with Crippen LogP contribution in [0.5, 0.6) is 0 Å². The number of aromatic nitrogens is 4. The number of nitrogens with zero attached hydrogens (tertiary/aromatic N) is 4. The molecule has 7 heteroatoms. The molecule has 0 bridgehead atoms. The van der Waals surface area contributed by atoms with Gasteiger partial charge < -0.3 is 10.0 Å². The van der Waals surface area contributed by atoms with Gasteiger partial charge in [0, 0.05) is 13.6 Å². The molecule has 7 nitrogen and oxygen atoms in total. The SMILES string of the molecule is CN(CC1CC(O)C1)C(=O)c1nn[nH]n1. The Balaban J connectivity index is 1.86. The minimum atomic E-state index is -0.245. The molecular weight excluding hydrogens is 198 g/mol. The fourth-order valence-corrected chi connectivity index (χ4v) is 1.74. The van der Waals surface area contributed by atoms with Crippen molar-refractivity contribution in [3.05, 3.63) is 5.82 Å². The summed E-state index contributed by atoms with van der Waals surface area (Å²) in [6.07, 6.45) is 1.34. The van der Waals surface area contributed by atoms with E-state index in [0.29, 0.717) is 12.5 Å². The Morgan fingerprint density at radius 1 is 1.67 bits per heavy atom. The number of carbonyl (C=O) groups excluding carboxylic acids is 1. The number of H-pyrrole nitrogens is 1. The monoisotopic (exact) mass is 211 g/mol. The van der Waals surface area contributed by atoms with E-state index in [1.165, 1.54) is 0 Å². The lowest BCUT2D eigenvalue weighted by Crippen LogP contribution is -2.39. The van der Waals surface area contributed by atoms with Crippen LogP contribution in [0.25, 0.3) is 0 Å². The van der Waals surface area contributed by atoms with E-state index >= 15 is 0 Å². The molecule has 1 heterocycles. The molecule has 0 spiro atoms. The predicted molar refractivity (Wildman–Crippen MR) is 49.9 cm³/mol. The Hall–Kier alpha value is -1.50. The molecule has 1 saturated carbocycles. The van der Waals surface area contributed by atoms with Crippen LogP contribution in [-0.2, 0) is 0 Å². The second-order valence-corrected chi connectivity index (χ2v) is 3.91. The average molecular weight is 211 g/mol. The molecule has 1 aliphatic rings. The van der Waals surface area contributed by atoms with Gasteiger partial charge >= 0.3 is 0 Å².